The fourth-order valence-corrected chi connectivity index (χ4v) is 4.09. The summed E-state index contributed by atoms with van der Waals surface area (Å²) in [6.45, 7) is 3.83. The second-order valence-corrected chi connectivity index (χ2v) is 8.55. The Morgan fingerprint density at radius 1 is 1.06 bits per heavy atom. The minimum absolute atomic E-state index is 0.0278. The Labute approximate surface area is 203 Å². The molecule has 0 saturated carbocycles. The van der Waals surface area contributed by atoms with Crippen LogP contribution in [0.5, 0.6) is 0 Å². The normalized spacial score (nSPS) is 16.1. The SMILES string of the molecule is CN1CCN(C(=O)c2ccc3cccc(-c4cc5c([nH]4)CCNC5=O)c3n2)CC1.O=C(O)C(F)(F)F. The summed E-state index contributed by atoms with van der Waals surface area (Å²) in [7, 11) is 2.07. The molecule has 1 aromatic carbocycles. The summed E-state index contributed by atoms with van der Waals surface area (Å²) in [5, 5.41) is 11.0. The molecule has 2 aliphatic rings. The number of amides is 2. The Hall–Kier alpha value is -3.93. The van der Waals surface area contributed by atoms with Gasteiger partial charge in [0.15, 0.2) is 0 Å². The van der Waals surface area contributed by atoms with Crippen molar-refractivity contribution in [2.24, 2.45) is 0 Å². The molecular formula is C24H24F3N5O4. The van der Waals surface area contributed by atoms with Crippen molar-refractivity contribution in [3.63, 3.8) is 0 Å². The number of aromatic nitrogens is 2. The third-order valence-electron chi connectivity index (χ3n) is 6.07. The summed E-state index contributed by atoms with van der Waals surface area (Å²) >= 11 is 0. The number of nitrogens with one attached hydrogen (secondary N) is 2. The maximum atomic E-state index is 13.0. The fraction of sp³-hybridized carbons (Fsp3) is 0.333. The number of likely N-dealkylation sites (N-methyl/N-ethyl adjacent to an activating group) is 1. The molecule has 0 unspecified atom stereocenters. The van der Waals surface area contributed by atoms with Crippen LogP contribution in [0.1, 0.15) is 26.5 Å². The van der Waals surface area contributed by atoms with Crippen LogP contribution < -0.4 is 5.32 Å². The number of piperazine rings is 1. The molecule has 1 saturated heterocycles. The number of carbonyl (C=O) groups is 3. The second kappa shape index (κ2) is 9.97. The molecule has 0 bridgehead atoms. The summed E-state index contributed by atoms with van der Waals surface area (Å²) in [4.78, 5) is 46.2. The molecule has 0 atom stereocenters. The van der Waals surface area contributed by atoms with Gasteiger partial charge in [-0.25, -0.2) is 9.78 Å². The van der Waals surface area contributed by atoms with Crippen molar-refractivity contribution < 1.29 is 32.7 Å². The van der Waals surface area contributed by atoms with E-state index >= 15 is 0 Å². The number of pyridine rings is 1. The molecule has 4 heterocycles. The minimum atomic E-state index is -5.08. The van der Waals surface area contributed by atoms with Crippen molar-refractivity contribution >= 4 is 28.7 Å². The third kappa shape index (κ3) is 5.33. The van der Waals surface area contributed by atoms with E-state index in [1.165, 1.54) is 0 Å². The number of hydrogen-bond donors (Lipinski definition) is 3. The fourth-order valence-electron chi connectivity index (χ4n) is 4.09. The van der Waals surface area contributed by atoms with E-state index in [4.69, 9.17) is 14.9 Å². The molecule has 2 aliphatic heterocycles. The number of halogens is 3. The van der Waals surface area contributed by atoms with E-state index in [-0.39, 0.29) is 11.8 Å². The van der Waals surface area contributed by atoms with Crippen molar-refractivity contribution in [1.82, 2.24) is 25.1 Å². The van der Waals surface area contributed by atoms with E-state index in [1.54, 1.807) is 6.07 Å². The van der Waals surface area contributed by atoms with Gasteiger partial charge in [0.2, 0.25) is 0 Å². The summed E-state index contributed by atoms with van der Waals surface area (Å²) < 4.78 is 31.7. The van der Waals surface area contributed by atoms with E-state index in [0.29, 0.717) is 17.8 Å². The monoisotopic (exact) mass is 503 g/mol. The van der Waals surface area contributed by atoms with Crippen molar-refractivity contribution in [1.29, 1.82) is 0 Å². The van der Waals surface area contributed by atoms with Crippen LogP contribution in [0.3, 0.4) is 0 Å². The Morgan fingerprint density at radius 2 is 1.75 bits per heavy atom. The van der Waals surface area contributed by atoms with Crippen LogP contribution in [0.4, 0.5) is 13.2 Å². The molecule has 2 amide bonds. The number of rotatable bonds is 2. The van der Waals surface area contributed by atoms with Gasteiger partial charge in [0.05, 0.1) is 11.1 Å². The van der Waals surface area contributed by atoms with Gasteiger partial charge in [0, 0.05) is 61.5 Å². The standard InChI is InChI=1S/C22H23N5O2.C2HF3O2/c1-26-9-11-27(12-10-26)22(29)18-6-5-14-3-2-4-15(20(14)25-18)19-13-16-17(24-19)7-8-23-21(16)28;3-2(4,5)1(6)7/h2-6,13,24H,7-12H2,1H3,(H,23,28);(H,6,7). The third-order valence-corrected chi connectivity index (χ3v) is 6.07. The Bertz CT molecular complexity index is 1310. The second-order valence-electron chi connectivity index (χ2n) is 8.55. The Morgan fingerprint density at radius 3 is 2.39 bits per heavy atom. The largest absolute Gasteiger partial charge is 0.490 e. The average molecular weight is 503 g/mol. The Balaban J connectivity index is 0.000000384. The van der Waals surface area contributed by atoms with E-state index in [2.05, 4.69) is 22.2 Å². The van der Waals surface area contributed by atoms with Gasteiger partial charge in [0.25, 0.3) is 11.8 Å². The maximum absolute atomic E-state index is 13.0. The number of benzene rings is 1. The van der Waals surface area contributed by atoms with Crippen molar-refractivity contribution in [2.75, 3.05) is 39.8 Å². The minimum Gasteiger partial charge on any atom is -0.475 e. The molecule has 5 rings (SSSR count). The molecule has 3 aromatic rings. The zero-order valence-corrected chi connectivity index (χ0v) is 19.4. The van der Waals surface area contributed by atoms with Crippen LogP contribution in [0, 0.1) is 0 Å². The maximum Gasteiger partial charge on any atom is 0.490 e. The highest BCUT2D eigenvalue weighted by Gasteiger charge is 2.38. The van der Waals surface area contributed by atoms with Gasteiger partial charge < -0.3 is 25.2 Å². The van der Waals surface area contributed by atoms with E-state index in [9.17, 15) is 22.8 Å². The lowest BCUT2D eigenvalue weighted by atomic mass is 10.1. The van der Waals surface area contributed by atoms with Crippen LogP contribution in [0.2, 0.25) is 0 Å². The van der Waals surface area contributed by atoms with Crippen LogP contribution in [0.25, 0.3) is 22.2 Å². The summed E-state index contributed by atoms with van der Waals surface area (Å²) in [6.07, 6.45) is -4.30. The lowest BCUT2D eigenvalue weighted by molar-refractivity contribution is -0.192. The van der Waals surface area contributed by atoms with Gasteiger partial charge in [-0.2, -0.15) is 13.2 Å². The van der Waals surface area contributed by atoms with Gasteiger partial charge in [0.1, 0.15) is 5.69 Å². The molecule has 0 aliphatic carbocycles. The summed E-state index contributed by atoms with van der Waals surface area (Å²) in [5.41, 5.74) is 4.63. The van der Waals surface area contributed by atoms with Crippen molar-refractivity contribution in [3.05, 3.63) is 53.3 Å². The molecule has 190 valence electrons. The van der Waals surface area contributed by atoms with E-state index < -0.39 is 12.1 Å². The lowest BCUT2D eigenvalue weighted by Crippen LogP contribution is -2.47. The number of para-hydroxylation sites is 1. The number of nitrogens with zero attached hydrogens (tertiary/aromatic N) is 3. The zero-order chi connectivity index (χ0) is 26.0. The number of carboxylic acid groups (broad SMARTS) is 1. The van der Waals surface area contributed by atoms with Gasteiger partial charge >= 0.3 is 12.1 Å². The molecular weight excluding hydrogens is 479 g/mol. The number of aromatic amines is 1. The van der Waals surface area contributed by atoms with Gasteiger partial charge in [-0.05, 0) is 19.2 Å². The zero-order valence-electron chi connectivity index (χ0n) is 19.4. The number of hydrogen-bond acceptors (Lipinski definition) is 5. The first-order valence-corrected chi connectivity index (χ1v) is 11.2. The highest BCUT2D eigenvalue weighted by Crippen LogP contribution is 2.30. The van der Waals surface area contributed by atoms with Crippen LogP contribution in [-0.4, -0.2) is 88.6 Å². The van der Waals surface area contributed by atoms with Crippen LogP contribution >= 0.6 is 0 Å². The predicted octanol–water partition coefficient (Wildman–Crippen LogP) is 2.54. The van der Waals surface area contributed by atoms with Crippen molar-refractivity contribution in [3.8, 4) is 11.3 Å². The number of carbonyl (C=O) groups excluding carboxylic acids is 2. The Kier molecular flexibility index (Phi) is 6.97. The highest BCUT2D eigenvalue weighted by molar-refractivity contribution is 6.01. The van der Waals surface area contributed by atoms with E-state index in [1.807, 2.05) is 35.2 Å². The van der Waals surface area contributed by atoms with Gasteiger partial charge in [-0.1, -0.05) is 24.3 Å². The van der Waals surface area contributed by atoms with E-state index in [0.717, 1.165) is 60.5 Å². The van der Waals surface area contributed by atoms with Crippen LogP contribution in [-0.2, 0) is 11.2 Å². The number of H-pyrrole nitrogens is 1. The molecule has 1 fully saturated rings. The first-order valence-electron chi connectivity index (χ1n) is 11.2. The predicted molar refractivity (Wildman–Crippen MR) is 125 cm³/mol. The first-order chi connectivity index (χ1) is 17.0. The molecule has 3 N–H and O–H groups in total. The summed E-state index contributed by atoms with van der Waals surface area (Å²) in [6, 6.07) is 11.6. The smallest absolute Gasteiger partial charge is 0.475 e. The summed E-state index contributed by atoms with van der Waals surface area (Å²) in [5.74, 6) is -2.83. The molecule has 36 heavy (non-hydrogen) atoms. The first kappa shape index (κ1) is 25.2. The topological polar surface area (TPSA) is 119 Å². The van der Waals surface area contributed by atoms with Gasteiger partial charge in [-0.3, -0.25) is 9.59 Å². The number of fused-ring (bicyclic) bond motifs is 2. The molecule has 12 heteroatoms. The number of alkyl halides is 3. The van der Waals surface area contributed by atoms with Crippen molar-refractivity contribution in [2.45, 2.75) is 12.6 Å². The lowest BCUT2D eigenvalue weighted by Gasteiger charge is -2.32. The molecule has 0 radical (unpaired) electrons. The molecule has 0 spiro atoms. The number of carboxylic acids is 1. The van der Waals surface area contributed by atoms with Gasteiger partial charge in [-0.15, -0.1) is 0 Å². The highest BCUT2D eigenvalue weighted by atomic mass is 19.4. The molecule has 2 aromatic heterocycles. The quantitative estimate of drug-likeness (QED) is 0.495. The average Bonchev–Trinajstić information content (AvgIpc) is 3.29. The molecule has 9 nitrogen and oxygen atoms in total. The number of aliphatic carboxylic acids is 1. The van der Waals surface area contributed by atoms with Crippen LogP contribution in [0.15, 0.2) is 36.4 Å².